The lowest BCUT2D eigenvalue weighted by atomic mass is 9.99. The van der Waals surface area contributed by atoms with E-state index in [0.29, 0.717) is 24.4 Å². The van der Waals surface area contributed by atoms with Crippen LogP contribution in [0.15, 0.2) is 41.9 Å². The fourth-order valence-electron chi connectivity index (χ4n) is 3.87. The van der Waals surface area contributed by atoms with Crippen LogP contribution >= 0.6 is 11.3 Å². The number of aromatic nitrogens is 1. The lowest BCUT2D eigenvalue weighted by Gasteiger charge is -2.38. The second-order valence-corrected chi connectivity index (χ2v) is 7.35. The van der Waals surface area contributed by atoms with Crippen molar-refractivity contribution in [2.75, 3.05) is 0 Å². The molecule has 2 bridgehead atoms. The largest absolute Gasteiger partial charge is 0.474 e. The van der Waals surface area contributed by atoms with Crippen molar-refractivity contribution in [1.29, 1.82) is 0 Å². The Labute approximate surface area is 140 Å². The van der Waals surface area contributed by atoms with Gasteiger partial charge in [-0.1, -0.05) is 12.1 Å². The van der Waals surface area contributed by atoms with Crippen molar-refractivity contribution in [3.63, 3.8) is 0 Å². The molecule has 4 heterocycles. The minimum Gasteiger partial charge on any atom is -0.474 e. The topological polar surface area (TPSA) is 42.4 Å². The summed E-state index contributed by atoms with van der Waals surface area (Å²) in [6, 6.07) is 10.4. The summed E-state index contributed by atoms with van der Waals surface area (Å²) < 4.78 is 6.02. The van der Waals surface area contributed by atoms with Crippen LogP contribution in [0, 0.1) is 0 Å². The predicted octanol–water partition coefficient (Wildman–Crippen LogP) is 3.29. The summed E-state index contributed by atoms with van der Waals surface area (Å²) in [4.78, 5) is 20.2. The van der Waals surface area contributed by atoms with Gasteiger partial charge in [0.25, 0.3) is 0 Å². The average molecular weight is 328 g/mol. The van der Waals surface area contributed by atoms with Crippen molar-refractivity contribution in [1.82, 2.24) is 9.88 Å². The first-order valence-electron chi connectivity index (χ1n) is 8.21. The van der Waals surface area contributed by atoms with Crippen molar-refractivity contribution < 1.29 is 9.53 Å². The molecule has 0 saturated carbocycles. The molecule has 23 heavy (non-hydrogen) atoms. The van der Waals surface area contributed by atoms with Crippen LogP contribution in [0.3, 0.4) is 0 Å². The highest BCUT2D eigenvalue weighted by Gasteiger charge is 2.43. The number of rotatable bonds is 4. The number of pyridine rings is 1. The zero-order valence-electron chi connectivity index (χ0n) is 12.9. The molecule has 2 aromatic heterocycles. The van der Waals surface area contributed by atoms with Crippen molar-refractivity contribution in [3.8, 4) is 5.88 Å². The molecule has 0 radical (unpaired) electrons. The standard InChI is InChI=1S/C18H20N2O2S/c21-18(12-16-4-3-9-23-16)20-13-6-7-14(20)11-15(10-13)22-17-5-1-2-8-19-17/h1-5,8-9,13-15H,6-7,10-12H2. The third-order valence-corrected chi connectivity index (χ3v) is 5.68. The molecule has 2 unspecified atom stereocenters. The number of fused-ring (bicyclic) bond motifs is 2. The monoisotopic (exact) mass is 328 g/mol. The van der Waals surface area contributed by atoms with Crippen LogP contribution in [0.25, 0.3) is 0 Å². The number of piperidine rings is 1. The van der Waals surface area contributed by atoms with E-state index < -0.39 is 0 Å². The van der Waals surface area contributed by atoms with E-state index >= 15 is 0 Å². The first kappa shape index (κ1) is 14.7. The Morgan fingerprint density at radius 3 is 2.70 bits per heavy atom. The van der Waals surface area contributed by atoms with Gasteiger partial charge in [0.05, 0.1) is 6.42 Å². The number of hydrogen-bond acceptors (Lipinski definition) is 4. The lowest BCUT2D eigenvalue weighted by molar-refractivity contribution is -0.136. The molecule has 4 rings (SSSR count). The minimum absolute atomic E-state index is 0.174. The molecular formula is C18H20N2O2S. The molecule has 0 spiro atoms. The van der Waals surface area contributed by atoms with Crippen LogP contribution < -0.4 is 4.74 Å². The van der Waals surface area contributed by atoms with Crippen molar-refractivity contribution in [3.05, 3.63) is 46.8 Å². The molecule has 5 heteroatoms. The summed E-state index contributed by atoms with van der Waals surface area (Å²) in [5, 5.41) is 2.03. The van der Waals surface area contributed by atoms with Crippen LogP contribution in [0.2, 0.25) is 0 Å². The summed E-state index contributed by atoms with van der Waals surface area (Å²) in [7, 11) is 0. The second kappa shape index (κ2) is 6.32. The molecule has 0 aliphatic carbocycles. The van der Waals surface area contributed by atoms with Crippen LogP contribution in [-0.2, 0) is 11.2 Å². The zero-order chi connectivity index (χ0) is 15.6. The third kappa shape index (κ3) is 3.11. The Morgan fingerprint density at radius 1 is 1.22 bits per heavy atom. The molecule has 0 N–H and O–H groups in total. The minimum atomic E-state index is 0.174. The number of carbonyl (C=O) groups is 1. The third-order valence-electron chi connectivity index (χ3n) is 4.81. The molecular weight excluding hydrogens is 308 g/mol. The number of hydrogen-bond donors (Lipinski definition) is 0. The Morgan fingerprint density at radius 2 is 2.04 bits per heavy atom. The van der Waals surface area contributed by atoms with Crippen molar-refractivity contribution in [2.45, 2.75) is 50.3 Å². The number of amides is 1. The smallest absolute Gasteiger partial charge is 0.228 e. The van der Waals surface area contributed by atoms with Crippen LogP contribution in [-0.4, -0.2) is 34.0 Å². The van der Waals surface area contributed by atoms with Crippen LogP contribution in [0.1, 0.15) is 30.6 Å². The van der Waals surface area contributed by atoms with E-state index in [2.05, 4.69) is 9.88 Å². The summed E-state index contributed by atoms with van der Waals surface area (Å²) in [5.74, 6) is 0.964. The summed E-state index contributed by atoms with van der Waals surface area (Å²) in [6.07, 6.45) is 6.51. The van der Waals surface area contributed by atoms with Gasteiger partial charge in [-0.25, -0.2) is 4.98 Å². The highest BCUT2D eigenvalue weighted by molar-refractivity contribution is 7.10. The van der Waals surface area contributed by atoms with Gasteiger partial charge in [0.1, 0.15) is 6.10 Å². The number of nitrogens with zero attached hydrogens (tertiary/aromatic N) is 2. The molecule has 2 aliphatic heterocycles. The van der Waals surface area contributed by atoms with Gasteiger partial charge in [-0.15, -0.1) is 11.3 Å². The van der Waals surface area contributed by atoms with Crippen LogP contribution in [0.5, 0.6) is 5.88 Å². The summed E-state index contributed by atoms with van der Waals surface area (Å²) in [6.45, 7) is 0. The van der Waals surface area contributed by atoms with E-state index in [9.17, 15) is 4.79 Å². The molecule has 2 fully saturated rings. The molecule has 2 aliphatic rings. The van der Waals surface area contributed by atoms with Crippen molar-refractivity contribution >= 4 is 17.2 Å². The fraction of sp³-hybridized carbons (Fsp3) is 0.444. The van der Waals surface area contributed by atoms with E-state index in [1.54, 1.807) is 17.5 Å². The second-order valence-electron chi connectivity index (χ2n) is 6.32. The van der Waals surface area contributed by atoms with Gasteiger partial charge in [-0.05, 0) is 30.4 Å². The van der Waals surface area contributed by atoms with E-state index in [4.69, 9.17) is 4.74 Å². The maximum Gasteiger partial charge on any atom is 0.228 e. The summed E-state index contributed by atoms with van der Waals surface area (Å²) >= 11 is 1.66. The van der Waals surface area contributed by atoms with E-state index in [1.807, 2.05) is 35.7 Å². The number of ether oxygens (including phenoxy) is 1. The first-order chi connectivity index (χ1) is 11.3. The van der Waals surface area contributed by atoms with Gasteiger partial charge in [-0.3, -0.25) is 4.79 Å². The number of thiophene rings is 1. The Balaban J connectivity index is 1.41. The molecule has 1 amide bonds. The highest BCUT2D eigenvalue weighted by atomic mass is 32.1. The van der Waals surface area contributed by atoms with Gasteiger partial charge in [0.15, 0.2) is 0 Å². The van der Waals surface area contributed by atoms with Crippen LogP contribution in [0.4, 0.5) is 0 Å². The van der Waals surface area contributed by atoms with Gasteiger partial charge in [0, 0.05) is 42.1 Å². The molecule has 2 saturated heterocycles. The van der Waals surface area contributed by atoms with E-state index in [1.165, 1.54) is 0 Å². The average Bonchev–Trinajstić information content (AvgIpc) is 3.15. The Kier molecular flexibility index (Phi) is 4.04. The lowest BCUT2D eigenvalue weighted by Crippen LogP contribution is -2.49. The summed E-state index contributed by atoms with van der Waals surface area (Å²) in [5.41, 5.74) is 0. The predicted molar refractivity (Wildman–Crippen MR) is 89.6 cm³/mol. The Bertz CT molecular complexity index is 645. The highest BCUT2D eigenvalue weighted by Crippen LogP contribution is 2.37. The van der Waals surface area contributed by atoms with Gasteiger partial charge < -0.3 is 9.64 Å². The molecule has 2 atom stereocenters. The molecule has 2 aromatic rings. The number of carbonyl (C=O) groups excluding carboxylic acids is 1. The van der Waals surface area contributed by atoms with E-state index in [0.717, 1.165) is 30.6 Å². The normalized spacial score (nSPS) is 26.3. The van der Waals surface area contributed by atoms with E-state index in [-0.39, 0.29) is 12.0 Å². The molecule has 0 aromatic carbocycles. The zero-order valence-corrected chi connectivity index (χ0v) is 13.7. The fourth-order valence-corrected chi connectivity index (χ4v) is 4.57. The quantitative estimate of drug-likeness (QED) is 0.865. The van der Waals surface area contributed by atoms with Gasteiger partial charge >= 0.3 is 0 Å². The molecule has 120 valence electrons. The van der Waals surface area contributed by atoms with Crippen molar-refractivity contribution in [2.24, 2.45) is 0 Å². The maximum absolute atomic E-state index is 12.7. The Hall–Kier alpha value is -1.88. The van der Waals surface area contributed by atoms with Gasteiger partial charge in [-0.2, -0.15) is 0 Å². The first-order valence-corrected chi connectivity index (χ1v) is 9.09. The molecule has 4 nitrogen and oxygen atoms in total. The maximum atomic E-state index is 12.7. The van der Waals surface area contributed by atoms with Gasteiger partial charge in [0.2, 0.25) is 11.8 Å². The SMILES string of the molecule is O=C(Cc1cccs1)N1C2CCC1CC(Oc1ccccn1)C2.